The molecule has 0 unspecified atom stereocenters. The number of anilines is 1. The minimum Gasteiger partial charge on any atom is -0.490 e. The van der Waals surface area contributed by atoms with Crippen LogP contribution in [0.1, 0.15) is 18.7 Å². The summed E-state index contributed by atoms with van der Waals surface area (Å²) in [6.45, 7) is 2.41. The van der Waals surface area contributed by atoms with Gasteiger partial charge in [-0.05, 0) is 47.7 Å². The number of aromatic nitrogens is 4. The lowest BCUT2D eigenvalue weighted by Gasteiger charge is -2.11. The van der Waals surface area contributed by atoms with Crippen molar-refractivity contribution in [3.63, 3.8) is 0 Å². The van der Waals surface area contributed by atoms with Crippen molar-refractivity contribution >= 4 is 21.6 Å². The van der Waals surface area contributed by atoms with Crippen LogP contribution in [-0.4, -0.2) is 54.3 Å². The smallest absolute Gasteiger partial charge is 0.240 e. The van der Waals surface area contributed by atoms with E-state index in [4.69, 9.17) is 9.47 Å². The molecule has 0 saturated carbocycles. The molecule has 0 aliphatic carbocycles. The van der Waals surface area contributed by atoms with Gasteiger partial charge in [-0.25, -0.2) is 17.5 Å². The summed E-state index contributed by atoms with van der Waals surface area (Å²) in [6, 6.07) is 8.30. The highest BCUT2D eigenvalue weighted by Gasteiger charge is 2.19. The van der Waals surface area contributed by atoms with E-state index in [2.05, 4.69) is 25.6 Å². The van der Waals surface area contributed by atoms with Crippen LogP contribution in [0.4, 0.5) is 10.1 Å². The first-order valence-corrected chi connectivity index (χ1v) is 11.6. The van der Waals surface area contributed by atoms with E-state index in [9.17, 15) is 17.6 Å². The number of nitrogens with zero attached hydrogens (tertiary/aromatic N) is 4. The molecule has 174 valence electrons. The van der Waals surface area contributed by atoms with Crippen LogP contribution < -0.4 is 19.5 Å². The van der Waals surface area contributed by atoms with Gasteiger partial charge < -0.3 is 14.8 Å². The van der Waals surface area contributed by atoms with E-state index < -0.39 is 21.7 Å². The molecule has 11 nitrogen and oxygen atoms in total. The molecule has 0 atom stereocenters. The quantitative estimate of drug-likeness (QED) is 0.524. The number of amides is 1. The first-order valence-electron chi connectivity index (χ1n) is 10.1. The molecule has 33 heavy (non-hydrogen) atoms. The Hall–Kier alpha value is -3.58. The molecule has 0 spiro atoms. The fourth-order valence-corrected chi connectivity index (χ4v) is 4.17. The van der Waals surface area contributed by atoms with Crippen molar-refractivity contribution in [2.24, 2.45) is 0 Å². The molecular formula is C20H21FN6O5S. The van der Waals surface area contributed by atoms with Gasteiger partial charge in [0, 0.05) is 31.1 Å². The van der Waals surface area contributed by atoms with Gasteiger partial charge in [0.15, 0.2) is 17.3 Å². The first kappa shape index (κ1) is 22.6. The lowest BCUT2D eigenvalue weighted by atomic mass is 10.2. The maximum atomic E-state index is 14.2. The number of tetrazole rings is 1. The molecule has 1 aliphatic rings. The molecule has 1 aromatic heterocycles. The number of hydrogen-bond donors (Lipinski definition) is 2. The third kappa shape index (κ3) is 5.26. The van der Waals surface area contributed by atoms with Gasteiger partial charge in [-0.15, -0.1) is 5.10 Å². The van der Waals surface area contributed by atoms with E-state index in [1.54, 1.807) is 13.0 Å². The van der Waals surface area contributed by atoms with Crippen molar-refractivity contribution in [2.45, 2.75) is 24.7 Å². The second-order valence-corrected chi connectivity index (χ2v) is 8.93. The number of carbonyl (C=O) groups is 1. The summed E-state index contributed by atoms with van der Waals surface area (Å²) in [7, 11) is -3.86. The van der Waals surface area contributed by atoms with E-state index in [0.29, 0.717) is 42.6 Å². The molecule has 0 radical (unpaired) electrons. The van der Waals surface area contributed by atoms with Crippen LogP contribution in [0.2, 0.25) is 0 Å². The zero-order valence-electron chi connectivity index (χ0n) is 17.6. The number of carbonyl (C=O) groups excluding carboxylic acids is 1. The molecule has 0 bridgehead atoms. The lowest BCUT2D eigenvalue weighted by Crippen LogP contribution is -2.28. The Morgan fingerprint density at radius 3 is 2.70 bits per heavy atom. The average Bonchev–Trinajstić information content (AvgIpc) is 3.06. The molecule has 4 rings (SSSR count). The number of sulfonamides is 1. The van der Waals surface area contributed by atoms with Crippen molar-refractivity contribution < 1.29 is 27.1 Å². The Kier molecular flexibility index (Phi) is 6.51. The molecular weight excluding hydrogens is 455 g/mol. The fourth-order valence-electron chi connectivity index (χ4n) is 3.12. The third-order valence-electron chi connectivity index (χ3n) is 4.76. The molecule has 2 aromatic carbocycles. The van der Waals surface area contributed by atoms with Crippen molar-refractivity contribution in [3.05, 3.63) is 48.0 Å². The standard InChI is InChI=1S/C20H21FN6O5S/c1-13-24-25-26-27(13)17-11-14(3-5-16(17)21)23-20(28)7-8-22-33(29,30)15-4-6-18-19(12-15)32-10-2-9-31-18/h3-6,11-12,22H,2,7-10H2,1H3,(H,23,28). The minimum absolute atomic E-state index is 0.00662. The highest BCUT2D eigenvalue weighted by molar-refractivity contribution is 7.89. The van der Waals surface area contributed by atoms with E-state index in [1.807, 2.05) is 0 Å². The minimum atomic E-state index is -3.86. The maximum Gasteiger partial charge on any atom is 0.240 e. The van der Waals surface area contributed by atoms with Crippen LogP contribution in [0.25, 0.3) is 5.69 Å². The van der Waals surface area contributed by atoms with E-state index in [0.717, 1.165) is 0 Å². The number of aryl methyl sites for hydroxylation is 1. The Bertz CT molecular complexity index is 1280. The van der Waals surface area contributed by atoms with Gasteiger partial charge in [-0.2, -0.15) is 4.68 Å². The van der Waals surface area contributed by atoms with Crippen molar-refractivity contribution in [1.82, 2.24) is 24.9 Å². The zero-order valence-corrected chi connectivity index (χ0v) is 18.4. The second kappa shape index (κ2) is 9.50. The summed E-state index contributed by atoms with van der Waals surface area (Å²) in [4.78, 5) is 12.3. The Labute approximate surface area is 188 Å². The van der Waals surface area contributed by atoms with Gasteiger partial charge in [0.1, 0.15) is 11.5 Å². The van der Waals surface area contributed by atoms with Gasteiger partial charge in [0.2, 0.25) is 15.9 Å². The summed E-state index contributed by atoms with van der Waals surface area (Å²) in [5, 5.41) is 13.5. The molecule has 3 aromatic rings. The van der Waals surface area contributed by atoms with E-state index >= 15 is 0 Å². The summed E-state index contributed by atoms with van der Waals surface area (Å²) >= 11 is 0. The molecule has 2 heterocycles. The molecule has 0 fully saturated rings. The van der Waals surface area contributed by atoms with Gasteiger partial charge in [0.05, 0.1) is 18.1 Å². The topological polar surface area (TPSA) is 137 Å². The van der Waals surface area contributed by atoms with Gasteiger partial charge in [-0.3, -0.25) is 4.79 Å². The number of nitrogens with one attached hydrogen (secondary N) is 2. The van der Waals surface area contributed by atoms with Gasteiger partial charge in [-0.1, -0.05) is 0 Å². The largest absolute Gasteiger partial charge is 0.490 e. The Balaban J connectivity index is 1.36. The molecule has 1 aliphatic heterocycles. The molecule has 1 amide bonds. The number of fused-ring (bicyclic) bond motifs is 1. The summed E-state index contributed by atoms with van der Waals surface area (Å²) < 4.78 is 53.9. The van der Waals surface area contributed by atoms with Crippen molar-refractivity contribution in [3.8, 4) is 17.2 Å². The van der Waals surface area contributed by atoms with Crippen molar-refractivity contribution in [1.29, 1.82) is 0 Å². The van der Waals surface area contributed by atoms with E-state index in [1.165, 1.54) is 35.0 Å². The zero-order chi connectivity index (χ0) is 23.4. The van der Waals surface area contributed by atoms with Crippen LogP contribution >= 0.6 is 0 Å². The number of hydrogen-bond acceptors (Lipinski definition) is 8. The molecule has 13 heteroatoms. The number of halogens is 1. The first-order chi connectivity index (χ1) is 15.8. The van der Waals surface area contributed by atoms with Crippen LogP contribution in [0.15, 0.2) is 41.3 Å². The Morgan fingerprint density at radius 1 is 1.15 bits per heavy atom. The van der Waals surface area contributed by atoms with E-state index in [-0.39, 0.29) is 23.5 Å². The number of ether oxygens (including phenoxy) is 2. The average molecular weight is 476 g/mol. The summed E-state index contributed by atoms with van der Waals surface area (Å²) in [5.74, 6) is 0.203. The van der Waals surface area contributed by atoms with Crippen LogP contribution in [0, 0.1) is 12.7 Å². The van der Waals surface area contributed by atoms with Crippen molar-refractivity contribution in [2.75, 3.05) is 25.1 Å². The van der Waals surface area contributed by atoms with Gasteiger partial charge >= 0.3 is 0 Å². The lowest BCUT2D eigenvalue weighted by molar-refractivity contribution is -0.116. The molecule has 2 N–H and O–H groups in total. The maximum absolute atomic E-state index is 14.2. The van der Waals surface area contributed by atoms with Crippen LogP contribution in [0.3, 0.4) is 0 Å². The summed E-state index contributed by atoms with van der Waals surface area (Å²) in [6.07, 6.45) is 0.565. The second-order valence-electron chi connectivity index (χ2n) is 7.16. The fraction of sp³-hybridized carbons (Fsp3) is 0.300. The predicted octanol–water partition coefficient (Wildman–Crippen LogP) is 1.58. The predicted molar refractivity (Wildman–Crippen MR) is 114 cm³/mol. The normalized spacial score (nSPS) is 13.4. The molecule has 0 saturated heterocycles. The monoisotopic (exact) mass is 476 g/mol. The van der Waals surface area contributed by atoms with Gasteiger partial charge in [0.25, 0.3) is 0 Å². The number of benzene rings is 2. The SMILES string of the molecule is Cc1nnnn1-c1cc(NC(=O)CCNS(=O)(=O)c2ccc3c(c2)OCCCO3)ccc1F. The van der Waals surface area contributed by atoms with Crippen LogP contribution in [0.5, 0.6) is 11.5 Å². The third-order valence-corrected chi connectivity index (χ3v) is 6.22. The Morgan fingerprint density at radius 2 is 1.94 bits per heavy atom. The highest BCUT2D eigenvalue weighted by atomic mass is 32.2. The number of rotatable bonds is 7. The van der Waals surface area contributed by atoms with Crippen LogP contribution in [-0.2, 0) is 14.8 Å². The summed E-state index contributed by atoms with van der Waals surface area (Å²) in [5.41, 5.74) is 0.391. The highest BCUT2D eigenvalue weighted by Crippen LogP contribution is 2.31.